The summed E-state index contributed by atoms with van der Waals surface area (Å²) in [7, 11) is 0. The van der Waals surface area contributed by atoms with Crippen LogP contribution in [-0.2, 0) is 0 Å². The van der Waals surface area contributed by atoms with Crippen LogP contribution in [0, 0.1) is 24.1 Å². The molecule has 0 aromatic heterocycles. The summed E-state index contributed by atoms with van der Waals surface area (Å²) < 4.78 is 14.1. The van der Waals surface area contributed by atoms with E-state index in [-0.39, 0.29) is 11.9 Å². The van der Waals surface area contributed by atoms with E-state index in [9.17, 15) is 4.39 Å². The maximum atomic E-state index is 13.6. The van der Waals surface area contributed by atoms with Gasteiger partial charge in [-0.25, -0.2) is 4.39 Å². The normalized spacial score (nSPS) is 11.8. The fourth-order valence-electron chi connectivity index (χ4n) is 2.00. The van der Waals surface area contributed by atoms with Crippen molar-refractivity contribution in [3.63, 3.8) is 0 Å². The molecule has 0 aliphatic heterocycles. The molecule has 2 aromatic rings. The van der Waals surface area contributed by atoms with Gasteiger partial charge in [0.15, 0.2) is 0 Å². The van der Waals surface area contributed by atoms with E-state index in [2.05, 4.69) is 27.3 Å². The van der Waals surface area contributed by atoms with E-state index in [1.54, 1.807) is 12.1 Å². The Labute approximate surface area is 126 Å². The molecule has 2 rings (SSSR count). The molecule has 4 heteroatoms. The zero-order chi connectivity index (χ0) is 14.7. The van der Waals surface area contributed by atoms with Gasteiger partial charge >= 0.3 is 0 Å². The summed E-state index contributed by atoms with van der Waals surface area (Å²) in [6.45, 7) is 3.90. The van der Waals surface area contributed by atoms with Gasteiger partial charge in [0.25, 0.3) is 0 Å². The molecule has 2 nitrogen and oxygen atoms in total. The van der Waals surface area contributed by atoms with Gasteiger partial charge in [0, 0.05) is 11.7 Å². The minimum Gasteiger partial charge on any atom is -0.378 e. The van der Waals surface area contributed by atoms with Gasteiger partial charge in [-0.3, -0.25) is 0 Å². The standard InChI is InChI=1S/C16H14BrFN2/c1-10-6-14(17)15(18)8-16(10)20-11(2)13-5-3-4-12(7-13)9-19/h3-8,11,20H,1-2H3. The van der Waals surface area contributed by atoms with E-state index in [4.69, 9.17) is 5.26 Å². The Morgan fingerprint density at radius 3 is 2.75 bits per heavy atom. The number of nitrogens with one attached hydrogen (secondary N) is 1. The molecule has 1 unspecified atom stereocenters. The Kier molecular flexibility index (Phi) is 4.41. The van der Waals surface area contributed by atoms with E-state index in [0.29, 0.717) is 10.0 Å². The molecule has 0 spiro atoms. The Morgan fingerprint density at radius 1 is 1.30 bits per heavy atom. The third-order valence-corrected chi connectivity index (χ3v) is 3.76. The van der Waals surface area contributed by atoms with Gasteiger partial charge in [0.05, 0.1) is 16.1 Å². The number of nitriles is 1. The Hall–Kier alpha value is -1.86. The van der Waals surface area contributed by atoms with E-state index in [0.717, 1.165) is 16.8 Å². The monoisotopic (exact) mass is 332 g/mol. The summed E-state index contributed by atoms with van der Waals surface area (Å²) in [5.74, 6) is -0.295. The summed E-state index contributed by atoms with van der Waals surface area (Å²) in [5, 5.41) is 12.2. The van der Waals surface area contributed by atoms with Crippen molar-refractivity contribution in [2.45, 2.75) is 19.9 Å². The number of hydrogen-bond acceptors (Lipinski definition) is 2. The second-order valence-corrected chi connectivity index (χ2v) is 5.54. The van der Waals surface area contributed by atoms with Crippen LogP contribution in [0.1, 0.15) is 29.7 Å². The quantitative estimate of drug-likeness (QED) is 0.863. The first-order valence-electron chi connectivity index (χ1n) is 6.23. The molecule has 1 N–H and O–H groups in total. The van der Waals surface area contributed by atoms with Crippen molar-refractivity contribution in [1.29, 1.82) is 5.26 Å². The van der Waals surface area contributed by atoms with Crippen molar-refractivity contribution in [2.24, 2.45) is 0 Å². The number of aryl methyl sites for hydroxylation is 1. The van der Waals surface area contributed by atoms with Crippen LogP contribution in [0.15, 0.2) is 40.9 Å². The topological polar surface area (TPSA) is 35.8 Å². The van der Waals surface area contributed by atoms with Crippen LogP contribution in [0.3, 0.4) is 0 Å². The van der Waals surface area contributed by atoms with E-state index >= 15 is 0 Å². The first-order valence-corrected chi connectivity index (χ1v) is 7.03. The first kappa shape index (κ1) is 14.5. The average molecular weight is 333 g/mol. The molecule has 0 radical (unpaired) electrons. The number of halogens is 2. The highest BCUT2D eigenvalue weighted by molar-refractivity contribution is 9.10. The molecule has 0 saturated carbocycles. The highest BCUT2D eigenvalue weighted by atomic mass is 79.9. The summed E-state index contributed by atoms with van der Waals surface area (Å²) in [4.78, 5) is 0. The lowest BCUT2D eigenvalue weighted by atomic mass is 10.0. The molecule has 0 aliphatic rings. The van der Waals surface area contributed by atoms with E-state index in [1.807, 2.05) is 32.0 Å². The zero-order valence-electron chi connectivity index (χ0n) is 11.2. The lowest BCUT2D eigenvalue weighted by Gasteiger charge is -2.18. The molecule has 20 heavy (non-hydrogen) atoms. The van der Waals surface area contributed by atoms with Crippen molar-refractivity contribution in [2.75, 3.05) is 5.32 Å². The highest BCUT2D eigenvalue weighted by Gasteiger charge is 2.10. The zero-order valence-corrected chi connectivity index (χ0v) is 12.8. The van der Waals surface area contributed by atoms with Crippen molar-refractivity contribution < 1.29 is 4.39 Å². The van der Waals surface area contributed by atoms with Crippen molar-refractivity contribution >= 4 is 21.6 Å². The SMILES string of the molecule is Cc1cc(Br)c(F)cc1NC(C)c1cccc(C#N)c1. The number of rotatable bonds is 3. The van der Waals surface area contributed by atoms with Crippen LogP contribution in [0.2, 0.25) is 0 Å². The maximum Gasteiger partial charge on any atom is 0.139 e. The van der Waals surface area contributed by atoms with Crippen LogP contribution in [0.25, 0.3) is 0 Å². The Bertz CT molecular complexity index is 677. The van der Waals surface area contributed by atoms with Crippen LogP contribution in [-0.4, -0.2) is 0 Å². The number of hydrogen-bond donors (Lipinski definition) is 1. The minimum atomic E-state index is -0.295. The van der Waals surface area contributed by atoms with Gasteiger partial charge in [0.2, 0.25) is 0 Å². The first-order chi connectivity index (χ1) is 9.51. The molecular weight excluding hydrogens is 319 g/mol. The van der Waals surface area contributed by atoms with Crippen LogP contribution >= 0.6 is 15.9 Å². The molecule has 0 bridgehead atoms. The Morgan fingerprint density at radius 2 is 2.05 bits per heavy atom. The minimum absolute atomic E-state index is 0.0115. The van der Waals surface area contributed by atoms with Crippen LogP contribution in [0.4, 0.5) is 10.1 Å². The maximum absolute atomic E-state index is 13.6. The third-order valence-electron chi connectivity index (χ3n) is 3.16. The molecule has 0 amide bonds. The molecule has 102 valence electrons. The van der Waals surface area contributed by atoms with Crippen LogP contribution < -0.4 is 5.32 Å². The predicted molar refractivity (Wildman–Crippen MR) is 82.0 cm³/mol. The number of benzene rings is 2. The second kappa shape index (κ2) is 6.06. The van der Waals surface area contributed by atoms with Gasteiger partial charge in [-0.05, 0) is 65.2 Å². The summed E-state index contributed by atoms with van der Waals surface area (Å²) >= 11 is 3.17. The second-order valence-electron chi connectivity index (χ2n) is 4.68. The summed E-state index contributed by atoms with van der Waals surface area (Å²) in [6.07, 6.45) is 0. The van der Waals surface area contributed by atoms with Gasteiger partial charge in [-0.2, -0.15) is 5.26 Å². The molecular formula is C16H14BrFN2. The van der Waals surface area contributed by atoms with E-state index in [1.165, 1.54) is 6.07 Å². The molecule has 0 fully saturated rings. The van der Waals surface area contributed by atoms with Crippen molar-refractivity contribution in [3.05, 3.63) is 63.4 Å². The van der Waals surface area contributed by atoms with Gasteiger partial charge < -0.3 is 5.32 Å². The predicted octanol–water partition coefficient (Wildman–Crippen LogP) is 4.94. The molecule has 0 heterocycles. The summed E-state index contributed by atoms with van der Waals surface area (Å²) in [5.41, 5.74) is 3.32. The van der Waals surface area contributed by atoms with E-state index < -0.39 is 0 Å². The lowest BCUT2D eigenvalue weighted by molar-refractivity contribution is 0.620. The molecule has 0 aliphatic carbocycles. The third kappa shape index (κ3) is 3.17. The van der Waals surface area contributed by atoms with Gasteiger partial charge in [0.1, 0.15) is 5.82 Å². The fraction of sp³-hybridized carbons (Fsp3) is 0.188. The lowest BCUT2D eigenvalue weighted by Crippen LogP contribution is -2.08. The van der Waals surface area contributed by atoms with Gasteiger partial charge in [-0.1, -0.05) is 12.1 Å². The van der Waals surface area contributed by atoms with Crippen molar-refractivity contribution in [1.82, 2.24) is 0 Å². The van der Waals surface area contributed by atoms with Crippen molar-refractivity contribution in [3.8, 4) is 6.07 Å². The largest absolute Gasteiger partial charge is 0.378 e. The fourth-order valence-corrected chi connectivity index (χ4v) is 2.45. The summed E-state index contributed by atoms with van der Waals surface area (Å²) in [6, 6.07) is 12.7. The molecule has 0 saturated heterocycles. The smallest absolute Gasteiger partial charge is 0.139 e. The average Bonchev–Trinajstić information content (AvgIpc) is 2.44. The number of nitrogens with zero attached hydrogens (tertiary/aromatic N) is 1. The Balaban J connectivity index is 2.25. The number of anilines is 1. The van der Waals surface area contributed by atoms with Gasteiger partial charge in [-0.15, -0.1) is 0 Å². The molecule has 1 atom stereocenters. The highest BCUT2D eigenvalue weighted by Crippen LogP contribution is 2.27. The van der Waals surface area contributed by atoms with Crippen LogP contribution in [0.5, 0.6) is 0 Å². The molecule has 2 aromatic carbocycles.